The summed E-state index contributed by atoms with van der Waals surface area (Å²) in [5.74, 6) is 7.07. The summed E-state index contributed by atoms with van der Waals surface area (Å²) in [6.45, 7) is 4.00. The molecule has 4 atom stereocenters. The van der Waals surface area contributed by atoms with E-state index in [1.54, 1.807) is 19.2 Å². The number of benzene rings is 1. The number of guanidine groups is 1. The first-order chi connectivity index (χ1) is 15.7. The van der Waals surface area contributed by atoms with Crippen LogP contribution in [0.1, 0.15) is 51.5 Å². The van der Waals surface area contributed by atoms with Crippen molar-refractivity contribution in [2.45, 2.75) is 64.6 Å². The predicted octanol–water partition coefficient (Wildman–Crippen LogP) is 2.36. The van der Waals surface area contributed by atoms with E-state index in [2.05, 4.69) is 29.1 Å². The molecule has 2 rings (SSSR count). The fourth-order valence-electron chi connectivity index (χ4n) is 4.16. The van der Waals surface area contributed by atoms with Gasteiger partial charge in [-0.25, -0.2) is 0 Å². The molecule has 0 fully saturated rings. The van der Waals surface area contributed by atoms with Gasteiger partial charge in [-0.2, -0.15) is 0 Å². The van der Waals surface area contributed by atoms with Gasteiger partial charge in [-0.1, -0.05) is 18.9 Å². The molecule has 33 heavy (non-hydrogen) atoms. The van der Waals surface area contributed by atoms with Gasteiger partial charge in [0.25, 0.3) is 0 Å². The van der Waals surface area contributed by atoms with Crippen molar-refractivity contribution in [2.75, 3.05) is 20.7 Å². The predicted molar refractivity (Wildman–Crippen MR) is 128 cm³/mol. The Morgan fingerprint density at radius 1 is 1.42 bits per heavy atom. The molecule has 1 aliphatic rings. The highest BCUT2D eigenvalue weighted by Crippen LogP contribution is 2.33. The summed E-state index contributed by atoms with van der Waals surface area (Å²) >= 11 is 0. The first-order valence-electron chi connectivity index (χ1n) is 11.4. The van der Waals surface area contributed by atoms with Crippen molar-refractivity contribution in [1.82, 2.24) is 5.32 Å². The molecule has 5 N–H and O–H groups in total. The monoisotopic (exact) mass is 459 g/mol. The number of aliphatic hydroxyl groups is 1. The molecular weight excluding hydrogens is 422 g/mol. The van der Waals surface area contributed by atoms with Gasteiger partial charge in [0.15, 0.2) is 17.5 Å². The molecule has 0 bridgehead atoms. The number of rotatable bonds is 7. The lowest BCUT2D eigenvalue weighted by Gasteiger charge is -2.32. The summed E-state index contributed by atoms with van der Waals surface area (Å²) in [6, 6.07) is 5.18. The highest BCUT2D eigenvalue weighted by molar-refractivity contribution is 5.77. The topological polar surface area (TPSA) is 126 Å². The van der Waals surface area contributed by atoms with Crippen molar-refractivity contribution < 1.29 is 24.5 Å². The van der Waals surface area contributed by atoms with Gasteiger partial charge in [-0.15, -0.1) is 5.92 Å². The molecule has 0 aromatic heterocycles. The molecule has 1 aromatic carbocycles. The van der Waals surface area contributed by atoms with E-state index in [0.29, 0.717) is 50.4 Å². The van der Waals surface area contributed by atoms with Crippen LogP contribution in [0.2, 0.25) is 0 Å². The number of aliphatic imine (C=N–C) groups is 1. The summed E-state index contributed by atoms with van der Waals surface area (Å²) in [5, 5.41) is 23.9. The molecule has 182 valence electrons. The zero-order valence-corrected chi connectivity index (χ0v) is 20.1. The van der Waals surface area contributed by atoms with E-state index < -0.39 is 12.2 Å². The molecule has 0 amide bonds. The number of hydrogen-bond acceptors (Lipinski definition) is 6. The number of hydrogen-bond donors (Lipinski definition) is 4. The van der Waals surface area contributed by atoms with E-state index >= 15 is 0 Å². The van der Waals surface area contributed by atoms with Crippen LogP contribution in [0, 0.1) is 23.2 Å². The van der Waals surface area contributed by atoms with Gasteiger partial charge < -0.3 is 30.7 Å². The van der Waals surface area contributed by atoms with Gasteiger partial charge in [0.2, 0.25) is 0 Å². The molecule has 0 aliphatic heterocycles. The van der Waals surface area contributed by atoms with Crippen molar-refractivity contribution >= 4 is 11.9 Å². The molecule has 1 aliphatic carbocycles. The first-order valence-corrected chi connectivity index (χ1v) is 11.4. The number of phenols is 1. The highest BCUT2D eigenvalue weighted by Gasteiger charge is 2.32. The third kappa shape index (κ3) is 7.86. The Hall–Kier alpha value is -2.92. The summed E-state index contributed by atoms with van der Waals surface area (Å²) in [5.41, 5.74) is 6.40. The Bertz CT molecular complexity index is 892. The molecule has 0 saturated carbocycles. The Kier molecular flexibility index (Phi) is 9.86. The van der Waals surface area contributed by atoms with Crippen LogP contribution in [-0.4, -0.2) is 55.1 Å². The molecule has 1 aromatic rings. The largest absolute Gasteiger partial charge is 0.504 e. The Morgan fingerprint density at radius 3 is 2.82 bits per heavy atom. The van der Waals surface area contributed by atoms with Gasteiger partial charge >= 0.3 is 5.97 Å². The van der Waals surface area contributed by atoms with Crippen molar-refractivity contribution in [3.05, 3.63) is 23.8 Å². The number of nitrogens with one attached hydrogen (secondary N) is 1. The minimum absolute atomic E-state index is 0.0640. The van der Waals surface area contributed by atoms with Crippen LogP contribution < -0.4 is 15.8 Å². The second-order valence-electron chi connectivity index (χ2n) is 8.65. The molecule has 0 saturated heterocycles. The number of nitrogens with zero attached hydrogens (tertiary/aromatic N) is 1. The zero-order valence-electron chi connectivity index (χ0n) is 20.1. The minimum atomic E-state index is -0.630. The van der Waals surface area contributed by atoms with Gasteiger partial charge in [-0.05, 0) is 43.4 Å². The number of phenolic OH excluding ortho intramolecular Hbond substituents is 1. The van der Waals surface area contributed by atoms with E-state index in [1.165, 1.54) is 14.0 Å². The fraction of sp³-hybridized carbons (Fsp3) is 0.600. The zero-order chi connectivity index (χ0) is 24.4. The second kappa shape index (κ2) is 12.4. The summed E-state index contributed by atoms with van der Waals surface area (Å²) in [4.78, 5) is 15.8. The number of aromatic hydroxyl groups is 1. The molecule has 0 spiro atoms. The van der Waals surface area contributed by atoms with Crippen LogP contribution in [0.15, 0.2) is 23.2 Å². The molecule has 0 radical (unpaired) electrons. The lowest BCUT2D eigenvalue weighted by molar-refractivity contribution is -0.151. The van der Waals surface area contributed by atoms with Crippen LogP contribution >= 0.6 is 0 Å². The third-order valence-corrected chi connectivity index (χ3v) is 6.29. The van der Waals surface area contributed by atoms with E-state index in [9.17, 15) is 15.0 Å². The maximum atomic E-state index is 11.8. The van der Waals surface area contributed by atoms with Crippen molar-refractivity contribution in [3.8, 4) is 23.3 Å². The number of ether oxygens (including phenoxy) is 2. The highest BCUT2D eigenvalue weighted by atomic mass is 16.5. The van der Waals surface area contributed by atoms with E-state index in [1.807, 2.05) is 6.07 Å². The molecular formula is C25H37N3O5. The molecule has 8 heteroatoms. The van der Waals surface area contributed by atoms with Crippen molar-refractivity contribution in [2.24, 2.45) is 22.1 Å². The molecule has 0 heterocycles. The van der Waals surface area contributed by atoms with Crippen LogP contribution in [0.5, 0.6) is 11.5 Å². The smallest absolute Gasteiger partial charge is 0.302 e. The number of carbonyl (C=O) groups is 1. The van der Waals surface area contributed by atoms with Crippen LogP contribution in [-0.2, 0) is 16.0 Å². The van der Waals surface area contributed by atoms with Gasteiger partial charge in [0.1, 0.15) is 6.10 Å². The van der Waals surface area contributed by atoms with Gasteiger partial charge in [0.05, 0.1) is 13.2 Å². The van der Waals surface area contributed by atoms with E-state index in [-0.39, 0.29) is 23.1 Å². The fourth-order valence-corrected chi connectivity index (χ4v) is 4.16. The number of nitrogens with two attached hydrogens (primary N) is 1. The van der Waals surface area contributed by atoms with Crippen LogP contribution in [0.4, 0.5) is 0 Å². The normalized spacial score (nSPS) is 26.0. The van der Waals surface area contributed by atoms with Gasteiger partial charge in [0, 0.05) is 44.7 Å². The molecule has 0 unspecified atom stereocenters. The first kappa shape index (κ1) is 26.3. The van der Waals surface area contributed by atoms with Gasteiger partial charge in [-0.3, -0.25) is 9.79 Å². The number of aliphatic hydroxyl groups excluding tert-OH is 1. The Morgan fingerprint density at radius 2 is 2.18 bits per heavy atom. The quantitative estimate of drug-likeness (QED) is 0.213. The standard InChI is InChI=1S/C25H37N3O5/c1-5-25(16-28-24(26)27-3)11-6-7-19(13-18-8-9-21(31)23(14-18)32-4)22(33-17(2)29)15-20(30)10-12-25/h8-9,14,19-20,22,30-31H,5,7,10,12-13,15-16H2,1-4H3,(H3,26,27,28)/t19-,20-,22-,25-/m0/s1. The maximum Gasteiger partial charge on any atom is 0.302 e. The number of methoxy groups -OCH3 is 1. The Labute approximate surface area is 196 Å². The average molecular weight is 460 g/mol. The number of carbonyl (C=O) groups excluding carboxylic acids is 1. The SMILES string of the molecule is CC[C@]1(CNC(N)=NC)C#CC[C@@H](Cc2ccc(O)c(OC)c2)[C@@H](OC(C)=O)C[C@@H](O)CC1. The maximum absolute atomic E-state index is 11.8. The summed E-state index contributed by atoms with van der Waals surface area (Å²) < 4.78 is 10.9. The second-order valence-corrected chi connectivity index (χ2v) is 8.65. The minimum Gasteiger partial charge on any atom is -0.504 e. The van der Waals surface area contributed by atoms with E-state index in [0.717, 1.165) is 12.0 Å². The summed E-state index contributed by atoms with van der Waals surface area (Å²) in [7, 11) is 3.13. The Balaban J connectivity index is 2.36. The number of esters is 1. The van der Waals surface area contributed by atoms with E-state index in [4.69, 9.17) is 15.2 Å². The van der Waals surface area contributed by atoms with Crippen molar-refractivity contribution in [3.63, 3.8) is 0 Å². The van der Waals surface area contributed by atoms with Crippen LogP contribution in [0.25, 0.3) is 0 Å². The summed E-state index contributed by atoms with van der Waals surface area (Å²) in [6.07, 6.45) is 2.31. The third-order valence-electron chi connectivity index (χ3n) is 6.29. The lowest BCUT2D eigenvalue weighted by atomic mass is 9.77. The average Bonchev–Trinajstić information content (AvgIpc) is 2.79. The molecule has 8 nitrogen and oxygen atoms in total. The van der Waals surface area contributed by atoms with Crippen LogP contribution in [0.3, 0.4) is 0 Å². The lowest BCUT2D eigenvalue weighted by Crippen LogP contribution is -2.41. The van der Waals surface area contributed by atoms with Crippen molar-refractivity contribution in [1.29, 1.82) is 0 Å².